The van der Waals surface area contributed by atoms with Crippen molar-refractivity contribution in [2.24, 2.45) is 5.10 Å². The zero-order valence-corrected chi connectivity index (χ0v) is 16.8. The maximum Gasteiger partial charge on any atom is 0.329 e. The Morgan fingerprint density at radius 1 is 1.14 bits per heavy atom. The summed E-state index contributed by atoms with van der Waals surface area (Å²) in [6.45, 7) is 4.15. The number of carbonyl (C=O) groups is 2. The lowest BCUT2D eigenvalue weighted by Gasteiger charge is -2.09. The molecule has 3 aromatic rings. The van der Waals surface area contributed by atoms with Crippen LogP contribution in [-0.4, -0.2) is 27.6 Å². The van der Waals surface area contributed by atoms with Crippen molar-refractivity contribution in [2.45, 2.75) is 20.4 Å². The summed E-state index contributed by atoms with van der Waals surface area (Å²) < 4.78 is 2.04. The third kappa shape index (κ3) is 5.08. The molecule has 8 heteroatoms. The molecule has 0 bridgehead atoms. The Hall–Kier alpha value is -3.45. The second kappa shape index (κ2) is 9.16. The molecule has 0 atom stereocenters. The smallest absolute Gasteiger partial charge is 0.329 e. The van der Waals surface area contributed by atoms with Gasteiger partial charge in [-0.1, -0.05) is 17.7 Å². The maximum absolute atomic E-state index is 11.9. The van der Waals surface area contributed by atoms with E-state index in [2.05, 4.69) is 20.8 Å². The lowest BCUT2D eigenvalue weighted by molar-refractivity contribution is -0.139. The fourth-order valence-electron chi connectivity index (χ4n) is 2.91. The van der Waals surface area contributed by atoms with Crippen LogP contribution in [0.2, 0.25) is 5.02 Å². The minimum Gasteiger partial charge on any atom is -0.344 e. The summed E-state index contributed by atoms with van der Waals surface area (Å²) in [7, 11) is 0. The van der Waals surface area contributed by atoms with Gasteiger partial charge in [0.1, 0.15) is 0 Å². The molecule has 0 aliphatic carbocycles. The number of carbonyl (C=O) groups excluding carboxylic acids is 2. The van der Waals surface area contributed by atoms with Crippen molar-refractivity contribution in [3.63, 3.8) is 0 Å². The number of amides is 2. The molecule has 148 valence electrons. The second-order valence-electron chi connectivity index (χ2n) is 6.38. The van der Waals surface area contributed by atoms with Gasteiger partial charge >= 0.3 is 11.8 Å². The highest BCUT2D eigenvalue weighted by Crippen LogP contribution is 2.22. The van der Waals surface area contributed by atoms with Crippen LogP contribution in [0.3, 0.4) is 0 Å². The first-order valence-electron chi connectivity index (χ1n) is 8.90. The van der Waals surface area contributed by atoms with Gasteiger partial charge < -0.3 is 9.88 Å². The van der Waals surface area contributed by atoms with E-state index in [0.29, 0.717) is 5.02 Å². The summed E-state index contributed by atoms with van der Waals surface area (Å²) in [6, 6.07) is 13.0. The molecule has 0 saturated carbocycles. The third-order valence-electron chi connectivity index (χ3n) is 4.32. The molecule has 3 rings (SSSR count). The Morgan fingerprint density at radius 2 is 1.90 bits per heavy atom. The van der Waals surface area contributed by atoms with Gasteiger partial charge in [-0.3, -0.25) is 14.6 Å². The minimum atomic E-state index is -0.834. The molecule has 0 aliphatic rings. The molecular formula is C21H20ClN5O2. The van der Waals surface area contributed by atoms with Crippen molar-refractivity contribution < 1.29 is 9.59 Å². The molecule has 7 nitrogen and oxygen atoms in total. The van der Waals surface area contributed by atoms with Gasteiger partial charge in [0.15, 0.2) is 0 Å². The van der Waals surface area contributed by atoms with Gasteiger partial charge in [0.25, 0.3) is 0 Å². The van der Waals surface area contributed by atoms with E-state index in [-0.39, 0.29) is 6.54 Å². The van der Waals surface area contributed by atoms with Crippen molar-refractivity contribution in [2.75, 3.05) is 0 Å². The largest absolute Gasteiger partial charge is 0.344 e. The molecule has 0 saturated heterocycles. The molecule has 0 fully saturated rings. The first kappa shape index (κ1) is 20.3. The van der Waals surface area contributed by atoms with Gasteiger partial charge in [0.2, 0.25) is 0 Å². The van der Waals surface area contributed by atoms with Gasteiger partial charge in [-0.25, -0.2) is 5.43 Å². The second-order valence-corrected chi connectivity index (χ2v) is 6.82. The van der Waals surface area contributed by atoms with Crippen molar-refractivity contribution in [3.05, 3.63) is 82.4 Å². The summed E-state index contributed by atoms with van der Waals surface area (Å²) in [5.74, 6) is -1.60. The van der Waals surface area contributed by atoms with Gasteiger partial charge in [0, 0.05) is 46.6 Å². The average molecular weight is 410 g/mol. The van der Waals surface area contributed by atoms with Gasteiger partial charge in [-0.15, -0.1) is 0 Å². The van der Waals surface area contributed by atoms with Gasteiger partial charge in [-0.05, 0) is 55.8 Å². The SMILES string of the molecule is Cc1cc(/C=N\NC(=O)C(=O)NCc2ccncc2)c(C)n1-c1cccc(Cl)c1. The first-order chi connectivity index (χ1) is 14.0. The van der Waals surface area contributed by atoms with Gasteiger partial charge in [0.05, 0.1) is 6.21 Å². The number of hydrogen-bond donors (Lipinski definition) is 2. The van der Waals surface area contributed by atoms with Crippen LogP contribution in [0, 0.1) is 13.8 Å². The number of aromatic nitrogens is 2. The number of rotatable bonds is 5. The molecule has 2 amide bonds. The molecule has 2 heterocycles. The van der Waals surface area contributed by atoms with E-state index in [1.807, 2.05) is 48.7 Å². The molecule has 1 aromatic carbocycles. The number of hydrazone groups is 1. The van der Waals surface area contributed by atoms with Crippen LogP contribution >= 0.6 is 11.6 Å². The van der Waals surface area contributed by atoms with E-state index in [9.17, 15) is 9.59 Å². The fraction of sp³-hybridized carbons (Fsp3) is 0.143. The molecule has 0 unspecified atom stereocenters. The van der Waals surface area contributed by atoms with Crippen LogP contribution < -0.4 is 10.7 Å². The monoisotopic (exact) mass is 409 g/mol. The normalized spacial score (nSPS) is 10.9. The Labute approximate surface area is 173 Å². The van der Waals surface area contributed by atoms with Crippen LogP contribution in [0.5, 0.6) is 0 Å². The Kier molecular flexibility index (Phi) is 6.41. The van der Waals surface area contributed by atoms with E-state index < -0.39 is 11.8 Å². The van der Waals surface area contributed by atoms with Crippen LogP contribution in [-0.2, 0) is 16.1 Å². The standard InChI is InChI=1S/C21H20ClN5O2/c1-14-10-17(15(2)27(14)19-5-3-4-18(22)11-19)13-25-26-21(29)20(28)24-12-16-6-8-23-9-7-16/h3-11,13H,12H2,1-2H3,(H,24,28)(H,26,29)/b25-13-. The highest BCUT2D eigenvalue weighted by Gasteiger charge is 2.13. The van der Waals surface area contributed by atoms with Crippen molar-refractivity contribution >= 4 is 29.6 Å². The number of hydrogen-bond acceptors (Lipinski definition) is 4. The number of halogens is 1. The summed E-state index contributed by atoms with van der Waals surface area (Å²) in [5, 5.41) is 7.09. The van der Waals surface area contributed by atoms with Crippen LogP contribution in [0.1, 0.15) is 22.5 Å². The summed E-state index contributed by atoms with van der Waals surface area (Å²) in [6.07, 6.45) is 4.74. The molecular weight excluding hydrogens is 390 g/mol. The van der Waals surface area contributed by atoms with E-state index in [1.165, 1.54) is 6.21 Å². The first-order valence-corrected chi connectivity index (χ1v) is 9.28. The third-order valence-corrected chi connectivity index (χ3v) is 4.55. The average Bonchev–Trinajstić information content (AvgIpc) is 3.00. The fourth-order valence-corrected chi connectivity index (χ4v) is 3.09. The van der Waals surface area contributed by atoms with Crippen LogP contribution in [0.15, 0.2) is 60.0 Å². The van der Waals surface area contributed by atoms with E-state index in [1.54, 1.807) is 24.5 Å². The molecule has 2 N–H and O–H groups in total. The van der Waals surface area contributed by atoms with Crippen LogP contribution in [0.25, 0.3) is 5.69 Å². The van der Waals surface area contributed by atoms with Crippen LogP contribution in [0.4, 0.5) is 0 Å². The number of pyridine rings is 1. The maximum atomic E-state index is 11.9. The molecule has 0 spiro atoms. The van der Waals surface area contributed by atoms with Crippen molar-refractivity contribution in [1.29, 1.82) is 0 Å². The number of nitrogens with zero attached hydrogens (tertiary/aromatic N) is 3. The van der Waals surface area contributed by atoms with Gasteiger partial charge in [-0.2, -0.15) is 5.10 Å². The molecule has 0 aliphatic heterocycles. The lowest BCUT2D eigenvalue weighted by atomic mass is 10.2. The summed E-state index contributed by atoms with van der Waals surface area (Å²) in [4.78, 5) is 27.7. The number of nitrogens with one attached hydrogen (secondary N) is 2. The highest BCUT2D eigenvalue weighted by atomic mass is 35.5. The Bertz CT molecular complexity index is 1060. The summed E-state index contributed by atoms with van der Waals surface area (Å²) in [5.41, 5.74) is 6.78. The van der Waals surface area contributed by atoms with Crippen molar-refractivity contribution in [1.82, 2.24) is 20.3 Å². The Balaban J connectivity index is 1.62. The molecule has 29 heavy (non-hydrogen) atoms. The molecule has 2 aromatic heterocycles. The topological polar surface area (TPSA) is 88.4 Å². The lowest BCUT2D eigenvalue weighted by Crippen LogP contribution is -2.37. The van der Waals surface area contributed by atoms with E-state index >= 15 is 0 Å². The van der Waals surface area contributed by atoms with E-state index in [0.717, 1.165) is 28.2 Å². The minimum absolute atomic E-state index is 0.235. The predicted octanol–water partition coefficient (Wildman–Crippen LogP) is 2.91. The Morgan fingerprint density at radius 3 is 2.62 bits per heavy atom. The van der Waals surface area contributed by atoms with E-state index in [4.69, 9.17) is 11.6 Å². The summed E-state index contributed by atoms with van der Waals surface area (Å²) >= 11 is 6.09. The van der Waals surface area contributed by atoms with Crippen molar-refractivity contribution in [3.8, 4) is 5.69 Å². The number of benzene rings is 1. The molecule has 0 radical (unpaired) electrons. The predicted molar refractivity (Wildman–Crippen MR) is 112 cm³/mol. The highest BCUT2D eigenvalue weighted by molar-refractivity contribution is 6.35. The zero-order chi connectivity index (χ0) is 20.8. The zero-order valence-electron chi connectivity index (χ0n) is 16.0. The quantitative estimate of drug-likeness (QED) is 0.386. The number of aryl methyl sites for hydroxylation is 1.